The third kappa shape index (κ3) is 5.94. The van der Waals surface area contributed by atoms with Crippen LogP contribution in [0, 0.1) is 0 Å². The average Bonchev–Trinajstić information content (AvgIpc) is 3.23. The number of halogens is 1. The molecule has 2 aromatic heterocycles. The molecule has 0 saturated carbocycles. The van der Waals surface area contributed by atoms with E-state index in [1.165, 1.54) is 16.2 Å². The molecule has 0 spiro atoms. The van der Waals surface area contributed by atoms with Crippen molar-refractivity contribution in [2.24, 2.45) is 12.1 Å². The second-order valence-corrected chi connectivity index (χ2v) is 8.42. The molecular formula is C24H23BrN6O4. The molecule has 2 heterocycles. The summed E-state index contributed by atoms with van der Waals surface area (Å²) in [6.07, 6.45) is 2.65. The Bertz CT molecular complexity index is 1480. The van der Waals surface area contributed by atoms with Crippen molar-refractivity contribution in [3.8, 4) is 5.75 Å². The van der Waals surface area contributed by atoms with Crippen LogP contribution in [0.5, 0.6) is 5.75 Å². The number of H-pyrrole nitrogens is 1. The number of nitrogens with zero attached hydrogens (tertiary/aromatic N) is 4. The van der Waals surface area contributed by atoms with Crippen LogP contribution in [0.1, 0.15) is 5.56 Å². The van der Waals surface area contributed by atoms with Crippen molar-refractivity contribution < 1.29 is 9.84 Å². The number of hydrazone groups is 1. The lowest BCUT2D eigenvalue weighted by Crippen LogP contribution is -2.30. The molecule has 0 unspecified atom stereocenters. The number of hydrogen-bond acceptors (Lipinski definition) is 7. The standard InChI is InChI=1S/C24H23BrN6O4/c1-30-21-20(22(33)27-24(30)34)31(14-17(32)15-35-18-10-6-3-7-11-18)23(26-21)29-28-19(25)13-12-16-8-4-2-5-9-16/h2-13,17,32H,14-15H2,1H3,(H,26,29)(H,27,33,34)/b13-12+,28-19+/t17-/m0/s1. The summed E-state index contributed by atoms with van der Waals surface area (Å²) in [5, 5.41) is 14.9. The van der Waals surface area contributed by atoms with Crippen molar-refractivity contribution in [3.63, 3.8) is 0 Å². The van der Waals surface area contributed by atoms with Crippen molar-refractivity contribution in [2.45, 2.75) is 12.6 Å². The summed E-state index contributed by atoms with van der Waals surface area (Å²) in [5.41, 5.74) is 2.88. The number of rotatable bonds is 9. The fourth-order valence-electron chi connectivity index (χ4n) is 3.34. The van der Waals surface area contributed by atoms with Crippen LogP contribution in [0.4, 0.5) is 5.95 Å². The van der Waals surface area contributed by atoms with Crippen molar-refractivity contribution >= 4 is 43.7 Å². The number of ether oxygens (including phenoxy) is 1. The van der Waals surface area contributed by atoms with Gasteiger partial charge in [0.1, 0.15) is 23.1 Å². The van der Waals surface area contributed by atoms with E-state index in [0.29, 0.717) is 10.4 Å². The molecule has 10 nitrogen and oxygen atoms in total. The molecule has 0 fully saturated rings. The van der Waals surface area contributed by atoms with Crippen LogP contribution < -0.4 is 21.4 Å². The van der Waals surface area contributed by atoms with Crippen LogP contribution in [-0.2, 0) is 13.6 Å². The van der Waals surface area contributed by atoms with Crippen LogP contribution >= 0.6 is 15.9 Å². The minimum Gasteiger partial charge on any atom is -0.491 e. The minimum absolute atomic E-state index is 0.0143. The Morgan fingerprint density at radius 1 is 1.20 bits per heavy atom. The number of para-hydroxylation sites is 1. The molecule has 3 N–H and O–H groups in total. The molecular weight excluding hydrogens is 516 g/mol. The number of benzene rings is 2. The van der Waals surface area contributed by atoms with Gasteiger partial charge in [-0.3, -0.25) is 14.3 Å². The maximum Gasteiger partial charge on any atom is 0.329 e. The number of anilines is 1. The molecule has 35 heavy (non-hydrogen) atoms. The molecule has 4 rings (SSSR count). The summed E-state index contributed by atoms with van der Waals surface area (Å²) in [6, 6.07) is 18.8. The highest BCUT2D eigenvalue weighted by atomic mass is 79.9. The van der Waals surface area contributed by atoms with E-state index < -0.39 is 17.4 Å². The van der Waals surface area contributed by atoms with Crippen molar-refractivity contribution in [1.82, 2.24) is 19.1 Å². The number of aliphatic hydroxyl groups is 1. The highest BCUT2D eigenvalue weighted by molar-refractivity contribution is 9.18. The zero-order chi connectivity index (χ0) is 24.8. The van der Waals surface area contributed by atoms with Gasteiger partial charge >= 0.3 is 5.69 Å². The quantitative estimate of drug-likeness (QED) is 0.222. The molecule has 0 aliphatic carbocycles. The monoisotopic (exact) mass is 538 g/mol. The zero-order valence-electron chi connectivity index (χ0n) is 18.8. The first kappa shape index (κ1) is 24.2. The lowest BCUT2D eigenvalue weighted by atomic mass is 10.2. The molecule has 2 aromatic carbocycles. The first-order valence-corrected chi connectivity index (χ1v) is 11.5. The third-order valence-electron chi connectivity index (χ3n) is 5.06. The number of aromatic amines is 1. The lowest BCUT2D eigenvalue weighted by molar-refractivity contribution is 0.0938. The highest BCUT2D eigenvalue weighted by Crippen LogP contribution is 2.17. The number of fused-ring (bicyclic) bond motifs is 1. The first-order valence-electron chi connectivity index (χ1n) is 10.7. The lowest BCUT2D eigenvalue weighted by Gasteiger charge is -2.15. The van der Waals surface area contributed by atoms with E-state index in [1.54, 1.807) is 18.2 Å². The van der Waals surface area contributed by atoms with Crippen molar-refractivity contribution in [1.29, 1.82) is 0 Å². The summed E-state index contributed by atoms with van der Waals surface area (Å²) < 4.78 is 8.78. The second kappa shape index (κ2) is 11.0. The van der Waals surface area contributed by atoms with E-state index in [2.05, 4.69) is 36.4 Å². The van der Waals surface area contributed by atoms with E-state index in [-0.39, 0.29) is 30.3 Å². The van der Waals surface area contributed by atoms with E-state index in [9.17, 15) is 14.7 Å². The maximum absolute atomic E-state index is 12.6. The number of aliphatic hydroxyl groups excluding tert-OH is 1. The number of aryl methyl sites for hydroxylation is 1. The summed E-state index contributed by atoms with van der Waals surface area (Å²) in [7, 11) is 1.50. The zero-order valence-corrected chi connectivity index (χ0v) is 20.3. The largest absolute Gasteiger partial charge is 0.491 e. The van der Waals surface area contributed by atoms with E-state index >= 15 is 0 Å². The number of imidazole rings is 1. The molecule has 0 aliphatic rings. The maximum atomic E-state index is 12.6. The van der Waals surface area contributed by atoms with Crippen LogP contribution in [0.15, 0.2) is 81.4 Å². The SMILES string of the molecule is Cn1c(=O)[nH]c(=O)c2c1nc(N/N=C(Br)\C=C\c1ccccc1)n2C[C@H](O)COc1ccccc1. The molecule has 4 aromatic rings. The predicted molar refractivity (Wildman–Crippen MR) is 139 cm³/mol. The number of nitrogens with one attached hydrogen (secondary N) is 2. The molecule has 180 valence electrons. The van der Waals surface area contributed by atoms with Gasteiger partial charge in [0.05, 0.1) is 6.54 Å². The summed E-state index contributed by atoms with van der Waals surface area (Å²) in [5.74, 6) is 0.787. The van der Waals surface area contributed by atoms with Crippen LogP contribution in [0.2, 0.25) is 0 Å². The molecule has 1 atom stereocenters. The Morgan fingerprint density at radius 3 is 2.60 bits per heavy atom. The fourth-order valence-corrected chi connectivity index (χ4v) is 3.56. The Balaban J connectivity index is 1.60. The first-order chi connectivity index (χ1) is 16.9. The average molecular weight is 539 g/mol. The Labute approximate surface area is 208 Å². The Morgan fingerprint density at radius 2 is 1.89 bits per heavy atom. The summed E-state index contributed by atoms with van der Waals surface area (Å²) in [6.45, 7) is -0.0421. The number of allylic oxidation sites excluding steroid dienone is 1. The van der Waals surface area contributed by atoms with Gasteiger partial charge < -0.3 is 14.4 Å². The number of aromatic nitrogens is 4. The van der Waals surface area contributed by atoms with Crippen molar-refractivity contribution in [2.75, 3.05) is 12.0 Å². The molecule has 0 amide bonds. The van der Waals surface area contributed by atoms with Gasteiger partial charge in [-0.05, 0) is 39.7 Å². The molecule has 0 saturated heterocycles. The van der Waals surface area contributed by atoms with Gasteiger partial charge in [-0.15, -0.1) is 0 Å². The van der Waals surface area contributed by atoms with Gasteiger partial charge in [0, 0.05) is 7.05 Å². The van der Waals surface area contributed by atoms with Gasteiger partial charge in [0.15, 0.2) is 11.2 Å². The predicted octanol–water partition coefficient (Wildman–Crippen LogP) is 2.70. The van der Waals surface area contributed by atoms with Crippen molar-refractivity contribution in [3.05, 3.63) is 93.1 Å². The van der Waals surface area contributed by atoms with Crippen LogP contribution in [0.3, 0.4) is 0 Å². The van der Waals surface area contributed by atoms with Gasteiger partial charge in [-0.2, -0.15) is 10.1 Å². The van der Waals surface area contributed by atoms with E-state index in [0.717, 1.165) is 5.56 Å². The number of hydrogen-bond donors (Lipinski definition) is 3. The molecule has 0 aliphatic heterocycles. The van der Waals surface area contributed by atoms with E-state index in [4.69, 9.17) is 4.74 Å². The van der Waals surface area contributed by atoms with Gasteiger partial charge in [0.2, 0.25) is 5.95 Å². The topological polar surface area (TPSA) is 127 Å². The Kier molecular flexibility index (Phi) is 7.58. The fraction of sp³-hybridized carbons (Fsp3) is 0.167. The van der Waals surface area contributed by atoms with Gasteiger partial charge in [0.25, 0.3) is 5.56 Å². The third-order valence-corrected chi connectivity index (χ3v) is 5.50. The second-order valence-electron chi connectivity index (χ2n) is 7.60. The summed E-state index contributed by atoms with van der Waals surface area (Å²) in [4.78, 5) is 31.3. The highest BCUT2D eigenvalue weighted by Gasteiger charge is 2.20. The van der Waals surface area contributed by atoms with Crippen LogP contribution in [-0.4, -0.2) is 41.5 Å². The summed E-state index contributed by atoms with van der Waals surface area (Å²) >= 11 is 3.37. The molecule has 11 heteroatoms. The molecule has 0 bridgehead atoms. The minimum atomic E-state index is -0.977. The molecule has 0 radical (unpaired) electrons. The van der Waals surface area contributed by atoms with Gasteiger partial charge in [-0.1, -0.05) is 54.6 Å². The van der Waals surface area contributed by atoms with Crippen LogP contribution in [0.25, 0.3) is 17.2 Å². The van der Waals surface area contributed by atoms with E-state index in [1.807, 2.05) is 54.6 Å². The normalized spacial score (nSPS) is 12.8. The van der Waals surface area contributed by atoms with Gasteiger partial charge in [-0.25, -0.2) is 10.2 Å². The smallest absolute Gasteiger partial charge is 0.329 e. The Hall–Kier alpha value is -3.96.